The van der Waals surface area contributed by atoms with Crippen molar-refractivity contribution in [1.82, 2.24) is 0 Å². The number of phenolic OH excluding ortho intramolecular Hbond substituents is 2. The molecule has 0 aromatic heterocycles. The number of hydrogen-bond acceptors (Lipinski definition) is 2. The van der Waals surface area contributed by atoms with Gasteiger partial charge < -0.3 is 10.2 Å². The van der Waals surface area contributed by atoms with Gasteiger partial charge in [0.15, 0.2) is 0 Å². The van der Waals surface area contributed by atoms with E-state index in [2.05, 4.69) is 133 Å². The molecule has 0 atom stereocenters. The summed E-state index contributed by atoms with van der Waals surface area (Å²) in [6, 6.07) is 37.7. The molecule has 1 aliphatic carbocycles. The molecule has 0 spiro atoms. The lowest BCUT2D eigenvalue weighted by molar-refractivity contribution is 0.468. The summed E-state index contributed by atoms with van der Waals surface area (Å²) in [5.74, 6) is 0.778. The minimum atomic E-state index is 0.329. The van der Waals surface area contributed by atoms with Crippen LogP contribution in [0.5, 0.6) is 11.5 Å². The third-order valence-electron chi connectivity index (χ3n) is 9.93. The minimum Gasteiger partial charge on any atom is -0.508 e. The van der Waals surface area contributed by atoms with Gasteiger partial charge in [-0.1, -0.05) is 125 Å². The second-order valence-electron chi connectivity index (χ2n) is 14.5. The molecule has 0 saturated carbocycles. The van der Waals surface area contributed by atoms with Gasteiger partial charge in [-0.05, 0) is 155 Å². The summed E-state index contributed by atoms with van der Waals surface area (Å²) >= 11 is 0. The lowest BCUT2D eigenvalue weighted by Gasteiger charge is -2.15. The Morgan fingerprint density at radius 1 is 0.451 bits per heavy atom. The van der Waals surface area contributed by atoms with Crippen molar-refractivity contribution >= 4 is 0 Å². The van der Waals surface area contributed by atoms with Crippen LogP contribution in [0.15, 0.2) is 109 Å². The van der Waals surface area contributed by atoms with Gasteiger partial charge in [0.2, 0.25) is 0 Å². The van der Waals surface area contributed by atoms with Gasteiger partial charge in [0.05, 0.1) is 0 Å². The Morgan fingerprint density at radius 3 is 1.45 bits per heavy atom. The number of hydrogen-bond donors (Lipinski definition) is 2. The van der Waals surface area contributed by atoms with E-state index < -0.39 is 0 Å². The minimum absolute atomic E-state index is 0.329. The first-order valence-corrected chi connectivity index (χ1v) is 18.3. The van der Waals surface area contributed by atoms with Crippen molar-refractivity contribution in [2.24, 2.45) is 0 Å². The van der Waals surface area contributed by atoms with E-state index in [0.717, 1.165) is 43.2 Å². The lowest BCUT2D eigenvalue weighted by atomic mass is 9.91. The second-order valence-corrected chi connectivity index (χ2v) is 14.5. The fourth-order valence-corrected chi connectivity index (χ4v) is 7.49. The monoisotopic (exact) mass is 674 g/mol. The molecule has 6 aromatic rings. The highest BCUT2D eigenvalue weighted by atomic mass is 16.3. The average Bonchev–Trinajstić information content (AvgIpc) is 3.47. The van der Waals surface area contributed by atoms with E-state index in [1.54, 1.807) is 12.1 Å². The van der Waals surface area contributed by atoms with Crippen LogP contribution in [0.4, 0.5) is 0 Å². The first kappa shape index (κ1) is 37.2. The van der Waals surface area contributed by atoms with Gasteiger partial charge in [-0.2, -0.15) is 0 Å². The molecule has 0 fully saturated rings. The quantitative estimate of drug-likeness (QED) is 0.172. The number of aromatic hydroxyl groups is 2. The highest BCUT2D eigenvalue weighted by molar-refractivity contribution is 5.81. The van der Waals surface area contributed by atoms with E-state index in [0.29, 0.717) is 11.5 Å². The van der Waals surface area contributed by atoms with Gasteiger partial charge in [-0.25, -0.2) is 0 Å². The Morgan fingerprint density at radius 2 is 0.902 bits per heavy atom. The third-order valence-corrected chi connectivity index (χ3v) is 9.93. The molecular formula is C49H54O2. The highest BCUT2D eigenvalue weighted by Gasteiger charge is 2.22. The molecule has 0 heterocycles. The summed E-state index contributed by atoms with van der Waals surface area (Å²) in [6.07, 6.45) is 5.24. The molecule has 0 amide bonds. The van der Waals surface area contributed by atoms with Crippen LogP contribution < -0.4 is 0 Å². The van der Waals surface area contributed by atoms with E-state index in [9.17, 15) is 5.11 Å². The van der Waals surface area contributed by atoms with E-state index in [4.69, 9.17) is 5.11 Å². The zero-order valence-electron chi connectivity index (χ0n) is 31.8. The Bertz CT molecular complexity index is 1990. The molecule has 2 N–H and O–H groups in total. The first-order chi connectivity index (χ1) is 24.4. The van der Waals surface area contributed by atoms with Crippen LogP contribution in [0, 0.1) is 55.4 Å². The topological polar surface area (TPSA) is 40.5 Å². The van der Waals surface area contributed by atoms with Gasteiger partial charge in [0, 0.05) is 5.56 Å². The molecule has 262 valence electrons. The largest absolute Gasteiger partial charge is 0.508 e. The molecule has 0 unspecified atom stereocenters. The number of benzene rings is 6. The highest BCUT2D eigenvalue weighted by Crippen LogP contribution is 2.41. The van der Waals surface area contributed by atoms with Gasteiger partial charge in [-0.15, -0.1) is 0 Å². The fraction of sp³-hybridized carbons (Fsp3) is 0.265. The Labute approximate surface area is 306 Å². The maximum atomic E-state index is 11.2. The molecule has 0 radical (unpaired) electrons. The molecule has 51 heavy (non-hydrogen) atoms. The van der Waals surface area contributed by atoms with Crippen molar-refractivity contribution < 1.29 is 10.2 Å². The predicted molar refractivity (Wildman–Crippen MR) is 217 cm³/mol. The van der Waals surface area contributed by atoms with Crippen molar-refractivity contribution in [3.8, 4) is 33.8 Å². The summed E-state index contributed by atoms with van der Waals surface area (Å²) in [4.78, 5) is 0. The number of para-hydroxylation sites is 1. The standard InChI is InChI=1S/C34H36O.C8H10.C7H8O/c1-21-16-23(3)32(24(4)17-21)30-15-9-13-27(34(30)35)11-7-6-10-26-12-8-14-29-31(26)20-28-19-22(2)18-25(5)33(28)29;1-7-3-5-8(2)6-4-7;1-6-2-4-7(8)5-3-6/h8-9,12-19,35H,6-7,10-11,20H2,1-5H3;3-6H,1-2H3;2-5,8H,1H3. The van der Waals surface area contributed by atoms with E-state index in [1.165, 1.54) is 77.9 Å². The van der Waals surface area contributed by atoms with E-state index >= 15 is 0 Å². The van der Waals surface area contributed by atoms with Crippen LogP contribution in [0.1, 0.15) is 79.6 Å². The second kappa shape index (κ2) is 16.8. The van der Waals surface area contributed by atoms with Crippen LogP contribution in [0.3, 0.4) is 0 Å². The molecule has 0 bridgehead atoms. The van der Waals surface area contributed by atoms with Gasteiger partial charge in [0.25, 0.3) is 0 Å². The first-order valence-electron chi connectivity index (χ1n) is 18.3. The third kappa shape index (κ3) is 9.38. The maximum Gasteiger partial charge on any atom is 0.126 e. The Hall–Kier alpha value is -5.08. The molecule has 0 aliphatic heterocycles. The zero-order valence-corrected chi connectivity index (χ0v) is 31.8. The molecule has 7 rings (SSSR count). The number of phenols is 2. The van der Waals surface area contributed by atoms with E-state index in [1.807, 2.05) is 19.1 Å². The zero-order chi connectivity index (χ0) is 36.7. The molecule has 0 saturated heterocycles. The van der Waals surface area contributed by atoms with E-state index in [-0.39, 0.29) is 0 Å². The number of unbranched alkanes of at least 4 members (excludes halogenated alkanes) is 1. The Kier molecular flexibility index (Phi) is 12.2. The summed E-state index contributed by atoms with van der Waals surface area (Å²) < 4.78 is 0. The summed E-state index contributed by atoms with van der Waals surface area (Å²) in [5.41, 5.74) is 20.8. The number of rotatable bonds is 6. The summed E-state index contributed by atoms with van der Waals surface area (Å²) in [5, 5.41) is 19.9. The molecule has 2 nitrogen and oxygen atoms in total. The van der Waals surface area contributed by atoms with Crippen molar-refractivity contribution in [1.29, 1.82) is 0 Å². The van der Waals surface area contributed by atoms with Crippen LogP contribution in [0.2, 0.25) is 0 Å². The van der Waals surface area contributed by atoms with Crippen LogP contribution in [-0.2, 0) is 19.3 Å². The summed E-state index contributed by atoms with van der Waals surface area (Å²) in [6.45, 7) is 17.0. The molecule has 1 aliphatic rings. The fourth-order valence-electron chi connectivity index (χ4n) is 7.49. The van der Waals surface area contributed by atoms with Crippen LogP contribution >= 0.6 is 0 Å². The van der Waals surface area contributed by atoms with Crippen molar-refractivity contribution in [2.75, 3.05) is 0 Å². The lowest BCUT2D eigenvalue weighted by Crippen LogP contribution is -1.96. The van der Waals surface area contributed by atoms with Crippen LogP contribution in [0.25, 0.3) is 22.3 Å². The van der Waals surface area contributed by atoms with Gasteiger partial charge >= 0.3 is 0 Å². The SMILES string of the molecule is Cc1cc(C)c(-c2cccc(CCCCc3cccc4c3Cc3cc(C)cc(C)c3-4)c2O)c(C)c1.Cc1ccc(C)cc1.Cc1ccc(O)cc1. The predicted octanol–water partition coefficient (Wildman–Crippen LogP) is 12.7. The normalized spacial score (nSPS) is 11.1. The molecule has 2 heteroatoms. The Balaban J connectivity index is 0.000000258. The van der Waals surface area contributed by atoms with Crippen molar-refractivity contribution in [3.63, 3.8) is 0 Å². The number of aryl methyl sites for hydroxylation is 10. The summed E-state index contributed by atoms with van der Waals surface area (Å²) in [7, 11) is 0. The van der Waals surface area contributed by atoms with Crippen LogP contribution in [-0.4, -0.2) is 10.2 Å². The van der Waals surface area contributed by atoms with Gasteiger partial charge in [0.1, 0.15) is 11.5 Å². The van der Waals surface area contributed by atoms with Crippen molar-refractivity contribution in [2.45, 2.75) is 87.5 Å². The number of fused-ring (bicyclic) bond motifs is 3. The van der Waals surface area contributed by atoms with Crippen molar-refractivity contribution in [3.05, 3.63) is 176 Å². The van der Waals surface area contributed by atoms with Gasteiger partial charge in [-0.3, -0.25) is 0 Å². The maximum absolute atomic E-state index is 11.2. The average molecular weight is 675 g/mol. The molecule has 6 aromatic carbocycles. The smallest absolute Gasteiger partial charge is 0.126 e. The molecular weight excluding hydrogens is 621 g/mol.